The van der Waals surface area contributed by atoms with Gasteiger partial charge in [0, 0.05) is 4.47 Å². The van der Waals surface area contributed by atoms with Gasteiger partial charge in [-0.05, 0) is 76.9 Å². The number of nitrogens with zero attached hydrogens (tertiary/aromatic N) is 2. The molecule has 0 saturated heterocycles. The second-order valence-corrected chi connectivity index (χ2v) is 8.65. The Morgan fingerprint density at radius 1 is 1.13 bits per heavy atom. The van der Waals surface area contributed by atoms with E-state index in [2.05, 4.69) is 26.2 Å². The van der Waals surface area contributed by atoms with E-state index in [9.17, 15) is 14.0 Å². The lowest BCUT2D eigenvalue weighted by Crippen LogP contribution is -2.23. The normalized spacial score (nSPS) is 10.9. The molecule has 0 fully saturated rings. The number of thioether (sulfide) groups is 1. The molecule has 1 amide bonds. The van der Waals surface area contributed by atoms with Gasteiger partial charge in [-0.3, -0.25) is 14.2 Å². The van der Waals surface area contributed by atoms with Gasteiger partial charge in [-0.2, -0.15) is 0 Å². The standard InChI is InChI=1S/C23H17BrFN3O2S/c1-14-6-11-20(18(24)12-14)26-21(29)13-31-23-27-19-5-3-2-4-17(19)22(30)28(23)16-9-7-15(25)8-10-16/h2-12H,13H2,1H3,(H,26,29). The molecular weight excluding hydrogens is 481 g/mol. The molecule has 0 spiro atoms. The van der Waals surface area contributed by atoms with Crippen LogP contribution in [-0.4, -0.2) is 21.2 Å². The van der Waals surface area contributed by atoms with Crippen LogP contribution in [0.1, 0.15) is 5.56 Å². The first-order valence-electron chi connectivity index (χ1n) is 9.39. The van der Waals surface area contributed by atoms with Crippen molar-refractivity contribution >= 4 is 50.2 Å². The molecule has 0 atom stereocenters. The molecule has 0 aliphatic carbocycles. The number of para-hydroxylation sites is 1. The predicted molar refractivity (Wildman–Crippen MR) is 126 cm³/mol. The molecule has 0 unspecified atom stereocenters. The maximum absolute atomic E-state index is 13.4. The van der Waals surface area contributed by atoms with Crippen molar-refractivity contribution < 1.29 is 9.18 Å². The van der Waals surface area contributed by atoms with E-state index < -0.39 is 5.82 Å². The van der Waals surface area contributed by atoms with Gasteiger partial charge in [0.05, 0.1) is 28.0 Å². The van der Waals surface area contributed by atoms with Gasteiger partial charge in [0.2, 0.25) is 5.91 Å². The third kappa shape index (κ3) is 4.70. The number of carbonyl (C=O) groups is 1. The van der Waals surface area contributed by atoms with Gasteiger partial charge >= 0.3 is 0 Å². The van der Waals surface area contributed by atoms with Gasteiger partial charge in [0.1, 0.15) is 5.82 Å². The topological polar surface area (TPSA) is 64.0 Å². The fourth-order valence-corrected chi connectivity index (χ4v) is 4.47. The SMILES string of the molecule is Cc1ccc(NC(=O)CSc2nc3ccccc3c(=O)n2-c2ccc(F)cc2)c(Br)c1. The van der Waals surface area contributed by atoms with E-state index >= 15 is 0 Å². The smallest absolute Gasteiger partial charge is 0.266 e. The number of fused-ring (bicyclic) bond motifs is 1. The minimum absolute atomic E-state index is 0.0479. The van der Waals surface area contributed by atoms with Crippen molar-refractivity contribution in [3.8, 4) is 5.69 Å². The van der Waals surface area contributed by atoms with E-state index in [0.29, 0.717) is 27.4 Å². The summed E-state index contributed by atoms with van der Waals surface area (Å²) in [5.41, 5.74) is 2.48. The Morgan fingerprint density at radius 3 is 2.61 bits per heavy atom. The van der Waals surface area contributed by atoms with Gasteiger partial charge in [0.15, 0.2) is 5.16 Å². The molecule has 3 aromatic carbocycles. The predicted octanol–water partition coefficient (Wildman–Crippen LogP) is 5.33. The number of aromatic nitrogens is 2. The second kappa shape index (κ2) is 9.03. The summed E-state index contributed by atoms with van der Waals surface area (Å²) in [6.45, 7) is 1.96. The molecule has 1 aromatic heterocycles. The number of benzene rings is 3. The van der Waals surface area contributed by atoms with Crippen molar-refractivity contribution in [2.24, 2.45) is 0 Å². The lowest BCUT2D eigenvalue weighted by atomic mass is 10.2. The van der Waals surface area contributed by atoms with E-state index in [0.717, 1.165) is 21.8 Å². The van der Waals surface area contributed by atoms with E-state index in [1.165, 1.54) is 28.8 Å². The van der Waals surface area contributed by atoms with Gasteiger partial charge in [-0.15, -0.1) is 0 Å². The summed E-state index contributed by atoms with van der Waals surface area (Å²) in [5, 5.41) is 3.66. The first kappa shape index (κ1) is 21.3. The molecule has 0 bridgehead atoms. The summed E-state index contributed by atoms with van der Waals surface area (Å²) in [7, 11) is 0. The Balaban J connectivity index is 1.66. The number of hydrogen-bond acceptors (Lipinski definition) is 4. The van der Waals surface area contributed by atoms with Crippen LogP contribution in [0.15, 0.2) is 81.2 Å². The molecule has 31 heavy (non-hydrogen) atoms. The Hall–Kier alpha value is -2.97. The van der Waals surface area contributed by atoms with Crippen LogP contribution in [0.4, 0.5) is 10.1 Å². The molecule has 4 rings (SSSR count). The Kier molecular flexibility index (Phi) is 6.20. The fourth-order valence-electron chi connectivity index (χ4n) is 3.06. The van der Waals surface area contributed by atoms with Crippen molar-refractivity contribution in [2.45, 2.75) is 12.1 Å². The van der Waals surface area contributed by atoms with Crippen LogP contribution >= 0.6 is 27.7 Å². The van der Waals surface area contributed by atoms with E-state index in [4.69, 9.17) is 0 Å². The van der Waals surface area contributed by atoms with E-state index in [1.807, 2.05) is 25.1 Å². The minimum Gasteiger partial charge on any atom is -0.324 e. The molecule has 5 nitrogen and oxygen atoms in total. The highest BCUT2D eigenvalue weighted by Gasteiger charge is 2.15. The highest BCUT2D eigenvalue weighted by atomic mass is 79.9. The quantitative estimate of drug-likeness (QED) is 0.299. The third-order valence-corrected chi connectivity index (χ3v) is 6.16. The van der Waals surface area contributed by atoms with E-state index in [1.54, 1.807) is 24.3 Å². The van der Waals surface area contributed by atoms with Gasteiger partial charge < -0.3 is 5.32 Å². The fraction of sp³-hybridized carbons (Fsp3) is 0.0870. The number of amides is 1. The zero-order chi connectivity index (χ0) is 22.0. The highest BCUT2D eigenvalue weighted by Crippen LogP contribution is 2.25. The average Bonchev–Trinajstić information content (AvgIpc) is 2.75. The van der Waals surface area contributed by atoms with E-state index in [-0.39, 0.29) is 17.2 Å². The van der Waals surface area contributed by atoms with Crippen LogP contribution in [0.25, 0.3) is 16.6 Å². The first-order chi connectivity index (χ1) is 14.9. The van der Waals surface area contributed by atoms with Gasteiger partial charge in [0.25, 0.3) is 5.56 Å². The first-order valence-corrected chi connectivity index (χ1v) is 11.2. The van der Waals surface area contributed by atoms with Crippen LogP contribution < -0.4 is 10.9 Å². The van der Waals surface area contributed by atoms with Crippen molar-refractivity contribution in [3.05, 3.63) is 92.9 Å². The summed E-state index contributed by atoms with van der Waals surface area (Å²) in [5.74, 6) is -0.586. The number of hydrogen-bond donors (Lipinski definition) is 1. The summed E-state index contributed by atoms with van der Waals surface area (Å²) in [6, 6.07) is 18.3. The van der Waals surface area contributed by atoms with Crippen molar-refractivity contribution in [1.29, 1.82) is 0 Å². The van der Waals surface area contributed by atoms with Crippen LogP contribution in [0.5, 0.6) is 0 Å². The van der Waals surface area contributed by atoms with Gasteiger partial charge in [-0.25, -0.2) is 9.37 Å². The maximum Gasteiger partial charge on any atom is 0.266 e. The lowest BCUT2D eigenvalue weighted by Gasteiger charge is -2.13. The largest absolute Gasteiger partial charge is 0.324 e. The number of anilines is 1. The molecule has 0 radical (unpaired) electrons. The molecule has 1 heterocycles. The number of carbonyl (C=O) groups excluding carboxylic acids is 1. The monoisotopic (exact) mass is 497 g/mol. The maximum atomic E-state index is 13.4. The summed E-state index contributed by atoms with van der Waals surface area (Å²) >= 11 is 4.59. The zero-order valence-corrected chi connectivity index (χ0v) is 18.8. The van der Waals surface area contributed by atoms with Crippen LogP contribution in [0.3, 0.4) is 0 Å². The third-order valence-electron chi connectivity index (χ3n) is 4.56. The number of aryl methyl sites for hydroxylation is 1. The van der Waals surface area contributed by atoms with Crippen molar-refractivity contribution in [2.75, 3.05) is 11.1 Å². The van der Waals surface area contributed by atoms with Gasteiger partial charge in [-0.1, -0.05) is 30.0 Å². The van der Waals surface area contributed by atoms with Crippen molar-refractivity contribution in [3.63, 3.8) is 0 Å². The average molecular weight is 498 g/mol. The summed E-state index contributed by atoms with van der Waals surface area (Å²) in [4.78, 5) is 30.3. The van der Waals surface area contributed by atoms with Crippen molar-refractivity contribution in [1.82, 2.24) is 9.55 Å². The Labute approximate surface area is 190 Å². The Bertz CT molecular complexity index is 1340. The molecule has 0 saturated carbocycles. The second-order valence-electron chi connectivity index (χ2n) is 6.85. The molecule has 0 aliphatic rings. The summed E-state index contributed by atoms with van der Waals surface area (Å²) in [6.07, 6.45) is 0. The number of halogens is 2. The Morgan fingerprint density at radius 2 is 1.87 bits per heavy atom. The number of rotatable bonds is 5. The molecule has 156 valence electrons. The zero-order valence-electron chi connectivity index (χ0n) is 16.4. The highest BCUT2D eigenvalue weighted by molar-refractivity contribution is 9.10. The van der Waals surface area contributed by atoms with Crippen LogP contribution in [0.2, 0.25) is 0 Å². The molecule has 8 heteroatoms. The molecule has 4 aromatic rings. The molecular formula is C23H17BrFN3O2S. The minimum atomic E-state index is -0.400. The number of nitrogens with one attached hydrogen (secondary N) is 1. The summed E-state index contributed by atoms with van der Waals surface area (Å²) < 4.78 is 15.6. The molecule has 0 aliphatic heterocycles. The lowest BCUT2D eigenvalue weighted by molar-refractivity contribution is -0.113. The van der Waals surface area contributed by atoms with Crippen LogP contribution in [-0.2, 0) is 4.79 Å². The van der Waals surface area contributed by atoms with Crippen LogP contribution in [0, 0.1) is 12.7 Å². The molecule has 1 N–H and O–H groups in total.